The average molecular weight is 457 g/mol. The molecule has 0 aliphatic rings. The number of hydrogen-bond donors (Lipinski definition) is 2. The lowest BCUT2D eigenvalue weighted by Gasteiger charge is -2.15. The Morgan fingerprint density at radius 3 is 2.32 bits per heavy atom. The first-order valence-corrected chi connectivity index (χ1v) is 10.8. The summed E-state index contributed by atoms with van der Waals surface area (Å²) >= 11 is 0. The van der Waals surface area contributed by atoms with Crippen LogP contribution in [0.4, 0.5) is 11.4 Å². The van der Waals surface area contributed by atoms with E-state index >= 15 is 0 Å². The lowest BCUT2D eigenvalue weighted by molar-refractivity contribution is 0.102. The molecule has 0 fully saturated rings. The molecule has 0 spiro atoms. The summed E-state index contributed by atoms with van der Waals surface area (Å²) in [5.41, 5.74) is 0.996. The van der Waals surface area contributed by atoms with Crippen LogP contribution < -0.4 is 20.9 Å². The molecule has 0 radical (unpaired) electrons. The van der Waals surface area contributed by atoms with Gasteiger partial charge in [0.25, 0.3) is 17.4 Å². The molecule has 172 valence electrons. The maximum absolute atomic E-state index is 13.3. The molecule has 34 heavy (non-hydrogen) atoms. The first kappa shape index (κ1) is 22.7. The maximum atomic E-state index is 13.3. The molecule has 0 saturated carbocycles. The quantitative estimate of drug-likeness (QED) is 0.445. The van der Waals surface area contributed by atoms with Crippen LogP contribution in [0.15, 0.2) is 77.6 Å². The summed E-state index contributed by atoms with van der Waals surface area (Å²) in [6.45, 7) is 3.64. The molecule has 0 saturated heterocycles. The Labute approximate surface area is 196 Å². The number of nitrogens with one attached hydrogen (secondary N) is 2. The molecule has 1 aromatic heterocycles. The van der Waals surface area contributed by atoms with Gasteiger partial charge in [0.05, 0.1) is 29.8 Å². The van der Waals surface area contributed by atoms with Crippen molar-refractivity contribution in [3.8, 4) is 5.75 Å². The number of anilines is 2. The number of aromatic nitrogens is 2. The molecule has 4 aromatic rings. The highest BCUT2D eigenvalue weighted by Gasteiger charge is 2.20. The third-order valence-electron chi connectivity index (χ3n) is 5.28. The predicted octanol–water partition coefficient (Wildman–Crippen LogP) is 4.49. The van der Waals surface area contributed by atoms with Gasteiger partial charge in [-0.3, -0.25) is 14.4 Å². The van der Waals surface area contributed by atoms with Gasteiger partial charge in [0, 0.05) is 17.1 Å². The van der Waals surface area contributed by atoms with Gasteiger partial charge in [0.2, 0.25) is 0 Å². The number of ether oxygens (including phenoxy) is 1. The Morgan fingerprint density at radius 2 is 1.59 bits per heavy atom. The van der Waals surface area contributed by atoms with Crippen molar-refractivity contribution in [2.45, 2.75) is 19.9 Å². The van der Waals surface area contributed by atoms with Crippen LogP contribution in [0.25, 0.3) is 10.8 Å². The third kappa shape index (κ3) is 4.52. The molecule has 0 aliphatic carbocycles. The van der Waals surface area contributed by atoms with Gasteiger partial charge in [0.1, 0.15) is 5.75 Å². The van der Waals surface area contributed by atoms with Gasteiger partial charge in [0.15, 0.2) is 5.69 Å². The Kier molecular flexibility index (Phi) is 6.40. The first-order chi connectivity index (χ1) is 16.4. The summed E-state index contributed by atoms with van der Waals surface area (Å²) in [6.07, 6.45) is 0. The number of carbonyl (C=O) groups is 2. The van der Waals surface area contributed by atoms with E-state index < -0.39 is 11.8 Å². The monoisotopic (exact) mass is 456 g/mol. The zero-order valence-electron chi connectivity index (χ0n) is 19.0. The normalized spacial score (nSPS) is 10.8. The van der Waals surface area contributed by atoms with E-state index in [0.717, 1.165) is 0 Å². The van der Waals surface area contributed by atoms with E-state index in [4.69, 9.17) is 4.74 Å². The van der Waals surface area contributed by atoms with Crippen LogP contribution in [0.3, 0.4) is 0 Å². The molecule has 0 bridgehead atoms. The molecule has 0 aliphatic heterocycles. The second-order valence-electron chi connectivity index (χ2n) is 7.92. The molecule has 1 heterocycles. The molecule has 3 aromatic carbocycles. The smallest absolute Gasteiger partial charge is 0.276 e. The predicted molar refractivity (Wildman–Crippen MR) is 132 cm³/mol. The van der Waals surface area contributed by atoms with Gasteiger partial charge >= 0.3 is 0 Å². The van der Waals surface area contributed by atoms with Gasteiger partial charge in [-0.25, -0.2) is 4.68 Å². The highest BCUT2D eigenvalue weighted by atomic mass is 16.5. The lowest BCUT2D eigenvalue weighted by Crippen LogP contribution is -2.29. The van der Waals surface area contributed by atoms with Crippen molar-refractivity contribution >= 4 is 34.0 Å². The number of carbonyl (C=O) groups excluding carboxylic acids is 2. The summed E-state index contributed by atoms with van der Waals surface area (Å²) in [4.78, 5) is 39.1. The first-order valence-electron chi connectivity index (χ1n) is 10.8. The minimum atomic E-state index is -0.521. The SMILES string of the molecule is COc1cccc(NC(=O)c2ccccc2NC(=O)c2nn(C(C)C)c(=O)c3ccccc23)c1. The maximum Gasteiger partial charge on any atom is 0.276 e. The molecular formula is C26H24N4O4. The number of rotatable bonds is 6. The molecule has 8 heteroatoms. The van der Waals surface area contributed by atoms with Gasteiger partial charge in [-0.2, -0.15) is 5.10 Å². The van der Waals surface area contributed by atoms with E-state index in [-0.39, 0.29) is 22.9 Å². The van der Waals surface area contributed by atoms with Gasteiger partial charge in [-0.1, -0.05) is 36.4 Å². The van der Waals surface area contributed by atoms with Crippen LogP contribution >= 0.6 is 0 Å². The number of para-hydroxylation sites is 1. The summed E-state index contributed by atoms with van der Waals surface area (Å²) in [5, 5.41) is 10.8. The topological polar surface area (TPSA) is 102 Å². The van der Waals surface area contributed by atoms with Crippen LogP contribution in [0, 0.1) is 0 Å². The Balaban J connectivity index is 1.68. The number of hydrogen-bond acceptors (Lipinski definition) is 5. The molecule has 0 unspecified atom stereocenters. The van der Waals surface area contributed by atoms with E-state index in [1.54, 1.807) is 79.9 Å². The van der Waals surface area contributed by atoms with Crippen LogP contribution in [0.1, 0.15) is 40.7 Å². The molecule has 0 atom stereocenters. The summed E-state index contributed by atoms with van der Waals surface area (Å²) in [5.74, 6) is -0.307. The van der Waals surface area contributed by atoms with E-state index in [0.29, 0.717) is 27.9 Å². The van der Waals surface area contributed by atoms with Crippen molar-refractivity contribution in [2.75, 3.05) is 17.7 Å². The summed E-state index contributed by atoms with van der Waals surface area (Å²) in [7, 11) is 1.55. The summed E-state index contributed by atoms with van der Waals surface area (Å²) in [6, 6.07) is 20.3. The molecule has 4 rings (SSSR count). The fourth-order valence-corrected chi connectivity index (χ4v) is 3.60. The highest BCUT2D eigenvalue weighted by molar-refractivity contribution is 6.15. The van der Waals surface area contributed by atoms with E-state index in [2.05, 4.69) is 15.7 Å². The van der Waals surface area contributed by atoms with Gasteiger partial charge in [-0.15, -0.1) is 0 Å². The van der Waals surface area contributed by atoms with E-state index in [1.807, 2.05) is 13.8 Å². The molecule has 2 amide bonds. The van der Waals surface area contributed by atoms with Crippen LogP contribution in [0.5, 0.6) is 5.75 Å². The minimum absolute atomic E-state index is 0.104. The second kappa shape index (κ2) is 9.58. The van der Waals surface area contributed by atoms with Crippen molar-refractivity contribution in [1.29, 1.82) is 0 Å². The standard InChI is InChI=1S/C26H24N4O4/c1-16(2)30-26(33)20-12-5-4-11-19(20)23(29-30)25(32)28-22-14-7-6-13-21(22)24(31)27-17-9-8-10-18(15-17)34-3/h4-16H,1-3H3,(H,27,31)(H,28,32). The Hall–Kier alpha value is -4.46. The van der Waals surface area contributed by atoms with Crippen molar-refractivity contribution in [2.24, 2.45) is 0 Å². The highest BCUT2D eigenvalue weighted by Crippen LogP contribution is 2.22. The summed E-state index contributed by atoms with van der Waals surface area (Å²) < 4.78 is 6.49. The zero-order chi connectivity index (χ0) is 24.2. The van der Waals surface area contributed by atoms with Gasteiger partial charge in [-0.05, 0) is 44.2 Å². The fraction of sp³-hybridized carbons (Fsp3) is 0.154. The minimum Gasteiger partial charge on any atom is -0.497 e. The molecule has 8 nitrogen and oxygen atoms in total. The second-order valence-corrected chi connectivity index (χ2v) is 7.92. The fourth-order valence-electron chi connectivity index (χ4n) is 3.60. The average Bonchev–Trinajstić information content (AvgIpc) is 2.84. The Morgan fingerprint density at radius 1 is 0.882 bits per heavy atom. The Bertz CT molecular complexity index is 1440. The number of methoxy groups -OCH3 is 1. The third-order valence-corrected chi connectivity index (χ3v) is 5.28. The van der Waals surface area contributed by atoms with Crippen LogP contribution in [0.2, 0.25) is 0 Å². The molecule has 2 N–H and O–H groups in total. The largest absolute Gasteiger partial charge is 0.497 e. The number of nitrogens with zero attached hydrogens (tertiary/aromatic N) is 2. The van der Waals surface area contributed by atoms with Crippen molar-refractivity contribution < 1.29 is 14.3 Å². The van der Waals surface area contributed by atoms with E-state index in [9.17, 15) is 14.4 Å². The number of amides is 2. The lowest BCUT2D eigenvalue weighted by atomic mass is 10.1. The zero-order valence-corrected chi connectivity index (χ0v) is 19.0. The van der Waals surface area contributed by atoms with E-state index in [1.165, 1.54) is 4.68 Å². The molecular weight excluding hydrogens is 432 g/mol. The number of benzene rings is 3. The van der Waals surface area contributed by atoms with Crippen LogP contribution in [-0.2, 0) is 0 Å². The van der Waals surface area contributed by atoms with Crippen LogP contribution in [-0.4, -0.2) is 28.7 Å². The van der Waals surface area contributed by atoms with Crippen molar-refractivity contribution in [3.63, 3.8) is 0 Å². The van der Waals surface area contributed by atoms with Gasteiger partial charge < -0.3 is 15.4 Å². The van der Waals surface area contributed by atoms with Crippen molar-refractivity contribution in [1.82, 2.24) is 9.78 Å². The van der Waals surface area contributed by atoms with Crippen molar-refractivity contribution in [3.05, 3.63) is 94.4 Å². The number of fused-ring (bicyclic) bond motifs is 1.